The molecule has 6 aromatic rings. The van der Waals surface area contributed by atoms with Crippen LogP contribution in [0, 0.1) is 34.6 Å². The molecule has 2 atom stereocenters. The number of hydrogen-bond donors (Lipinski definition) is 3. The minimum atomic E-state index is -0.999. The summed E-state index contributed by atoms with van der Waals surface area (Å²) in [5.41, 5.74) is 6.83. The summed E-state index contributed by atoms with van der Waals surface area (Å²) in [7, 11) is 0. The molecule has 0 fully saturated rings. The van der Waals surface area contributed by atoms with Gasteiger partial charge in [-0.15, -0.1) is 43.1 Å². The molecule has 3 N–H and O–H groups in total. The van der Waals surface area contributed by atoms with Crippen molar-refractivity contribution in [1.29, 1.82) is 0 Å². The van der Waals surface area contributed by atoms with Crippen molar-refractivity contribution in [2.24, 2.45) is 9.98 Å². The van der Waals surface area contributed by atoms with Gasteiger partial charge in [-0.05, 0) is 82.9 Å². The van der Waals surface area contributed by atoms with Gasteiger partial charge < -0.3 is 15.7 Å². The average Bonchev–Trinajstić information content (AvgIpc) is 3.99. The number of carbonyl (C=O) groups is 3. The lowest BCUT2D eigenvalue weighted by Gasteiger charge is -2.13. The van der Waals surface area contributed by atoms with Crippen LogP contribution in [0.5, 0.6) is 0 Å². The average molecular weight is 968 g/mol. The number of carbonyl (C=O) groups excluding carboxylic acids is 2. The number of carboxylic acids is 1. The highest BCUT2D eigenvalue weighted by Gasteiger charge is 2.35. The van der Waals surface area contributed by atoms with E-state index < -0.39 is 18.1 Å². The molecule has 2 amide bonds. The van der Waals surface area contributed by atoms with E-state index in [4.69, 9.17) is 33.2 Å². The van der Waals surface area contributed by atoms with E-state index in [-0.39, 0.29) is 24.7 Å². The van der Waals surface area contributed by atoms with Gasteiger partial charge in [0.05, 0.1) is 29.1 Å². The molecule has 0 spiro atoms. The smallest absolute Gasteiger partial charge is 0.306 e. The van der Waals surface area contributed by atoms with Crippen LogP contribution in [0.2, 0.25) is 10.0 Å². The van der Waals surface area contributed by atoms with Crippen LogP contribution in [0.3, 0.4) is 0 Å². The van der Waals surface area contributed by atoms with E-state index >= 15 is 0 Å². The number of benzene rings is 2. The number of hydrogen-bond acceptors (Lipinski definition) is 11. The van der Waals surface area contributed by atoms with Gasteiger partial charge in [0.15, 0.2) is 11.6 Å². The molecule has 0 unspecified atom stereocenters. The molecule has 2 aliphatic rings. The second kappa shape index (κ2) is 20.5. The second-order valence-corrected chi connectivity index (χ2v) is 19.9. The van der Waals surface area contributed by atoms with E-state index in [1.54, 1.807) is 23.5 Å². The Morgan fingerprint density at radius 3 is 1.58 bits per heavy atom. The molecule has 344 valence electrons. The van der Waals surface area contributed by atoms with E-state index in [0.717, 1.165) is 106 Å². The predicted octanol–water partition coefficient (Wildman–Crippen LogP) is 10.1. The fourth-order valence-corrected chi connectivity index (χ4v) is 11.4. The lowest BCUT2D eigenvalue weighted by atomic mass is 9.99. The molecule has 0 saturated heterocycles. The van der Waals surface area contributed by atoms with Gasteiger partial charge in [-0.1, -0.05) is 86.0 Å². The van der Waals surface area contributed by atoms with Crippen molar-refractivity contribution in [2.75, 3.05) is 13.1 Å². The van der Waals surface area contributed by atoms with Gasteiger partial charge in [-0.25, -0.2) is 0 Å². The number of thiophene rings is 2. The molecule has 2 aromatic carbocycles. The third-order valence-corrected chi connectivity index (χ3v) is 15.1. The zero-order valence-electron chi connectivity index (χ0n) is 37.6. The van der Waals surface area contributed by atoms with Gasteiger partial charge >= 0.3 is 5.97 Å². The van der Waals surface area contributed by atoms with Gasteiger partial charge in [0.1, 0.15) is 33.7 Å². The number of aromatic nitrogens is 6. The van der Waals surface area contributed by atoms with Crippen LogP contribution in [0.15, 0.2) is 58.5 Å². The number of rotatable bonds is 18. The Morgan fingerprint density at radius 1 is 0.606 bits per heavy atom. The maximum Gasteiger partial charge on any atom is 0.306 e. The summed E-state index contributed by atoms with van der Waals surface area (Å²) in [5.74, 6) is 1.21. The number of amides is 2. The third kappa shape index (κ3) is 9.92. The van der Waals surface area contributed by atoms with Crippen LogP contribution >= 0.6 is 45.9 Å². The van der Waals surface area contributed by atoms with Gasteiger partial charge in [0.2, 0.25) is 5.91 Å². The molecule has 0 aliphatic carbocycles. The number of halogens is 2. The number of aryl methyl sites for hydroxylation is 3. The van der Waals surface area contributed by atoms with Crippen molar-refractivity contribution < 1.29 is 19.5 Å². The van der Waals surface area contributed by atoms with E-state index in [9.17, 15) is 19.5 Å². The minimum Gasteiger partial charge on any atom is -0.481 e. The van der Waals surface area contributed by atoms with Crippen LogP contribution < -0.4 is 10.6 Å². The quantitative estimate of drug-likeness (QED) is 0.0712. The fourth-order valence-electron chi connectivity index (χ4n) is 8.60. The zero-order chi connectivity index (χ0) is 46.6. The van der Waals surface area contributed by atoms with Crippen LogP contribution in [-0.2, 0) is 9.59 Å². The first-order chi connectivity index (χ1) is 31.8. The molecule has 6 heterocycles. The SMILES string of the molecule is Cc1sc2c(c1C)C(c1ccc(Cl)cc1)=N[C@@H](CC(=O)NCCCCCCCCCCNC(=O)c1sc3c(c1C)C(c1ccc(Cl)cc1)=N[C@@H](CC(=O)O)c1nnc(C)n1-3)c1nnc(C)n1-2. The molecule has 18 heteroatoms. The number of unbranched alkanes of at least 4 members (excludes halogenated alkanes) is 7. The zero-order valence-corrected chi connectivity index (χ0v) is 40.7. The Labute approximate surface area is 401 Å². The molecule has 0 bridgehead atoms. The van der Waals surface area contributed by atoms with Crippen LogP contribution in [0.4, 0.5) is 0 Å². The third-order valence-electron chi connectivity index (χ3n) is 12.1. The summed E-state index contributed by atoms with van der Waals surface area (Å²) in [4.78, 5) is 50.9. The van der Waals surface area contributed by atoms with E-state index in [0.29, 0.717) is 51.2 Å². The van der Waals surface area contributed by atoms with Crippen molar-refractivity contribution in [1.82, 2.24) is 40.2 Å². The Balaban J connectivity index is 0.785. The van der Waals surface area contributed by atoms with Gasteiger partial charge in [0, 0.05) is 50.3 Å². The predicted molar refractivity (Wildman–Crippen MR) is 261 cm³/mol. The summed E-state index contributed by atoms with van der Waals surface area (Å²) < 4.78 is 3.90. The highest BCUT2D eigenvalue weighted by Crippen LogP contribution is 2.41. The monoisotopic (exact) mass is 966 g/mol. The van der Waals surface area contributed by atoms with Gasteiger partial charge in [0.25, 0.3) is 5.91 Å². The number of carboxylic acid groups (broad SMARTS) is 1. The van der Waals surface area contributed by atoms with Crippen LogP contribution in [-0.4, -0.2) is 76.9 Å². The van der Waals surface area contributed by atoms with E-state index in [1.807, 2.05) is 61.7 Å². The van der Waals surface area contributed by atoms with Crippen molar-refractivity contribution in [3.63, 3.8) is 0 Å². The van der Waals surface area contributed by atoms with E-state index in [1.165, 1.54) is 16.2 Å². The Morgan fingerprint density at radius 2 is 1.06 bits per heavy atom. The molecule has 66 heavy (non-hydrogen) atoms. The summed E-state index contributed by atoms with van der Waals surface area (Å²) in [6.07, 6.45) is 8.06. The fraction of sp³-hybridized carbons (Fsp3) is 0.396. The Bertz CT molecular complexity index is 2840. The minimum absolute atomic E-state index is 0.0664. The first kappa shape index (κ1) is 47.0. The molecular weight excluding hydrogens is 916 g/mol. The molecule has 2 aliphatic heterocycles. The Hall–Kier alpha value is -5.55. The lowest BCUT2D eigenvalue weighted by molar-refractivity contribution is -0.137. The molecule has 0 saturated carbocycles. The van der Waals surface area contributed by atoms with Crippen LogP contribution in [0.1, 0.15) is 148 Å². The standard InChI is InChI=1S/C48H52Cl2N10O4S2/c1-26-28(3)65-47-39(26)41(31-14-18-33(49)19-15-31)53-35(44-57-55-29(4)59(44)47)24-37(61)51-22-12-10-8-6-7-9-11-13-23-52-46(64)43-27(2)40-42(32-16-20-34(50)21-17-32)54-36(25-38(62)63)45-58-56-30(5)60(45)48(40)66-43/h14-21,35-36H,6-13,22-25H2,1-5H3,(H,51,61)(H,52,64)(H,62,63)/t35-,36-/m0/s1. The highest BCUT2D eigenvalue weighted by molar-refractivity contribution is 7.17. The van der Waals surface area contributed by atoms with Gasteiger partial charge in [-0.3, -0.25) is 33.5 Å². The first-order valence-corrected chi connectivity index (χ1v) is 24.7. The molecule has 0 radical (unpaired) electrons. The van der Waals surface area contributed by atoms with Crippen molar-refractivity contribution in [3.8, 4) is 10.0 Å². The summed E-state index contributed by atoms with van der Waals surface area (Å²) >= 11 is 15.5. The summed E-state index contributed by atoms with van der Waals surface area (Å²) in [6, 6.07) is 13.7. The number of fused-ring (bicyclic) bond motifs is 6. The van der Waals surface area contributed by atoms with Crippen molar-refractivity contribution in [2.45, 2.75) is 111 Å². The molecular formula is C48H52Cl2N10O4S2. The van der Waals surface area contributed by atoms with Gasteiger partial charge in [-0.2, -0.15) is 0 Å². The lowest BCUT2D eigenvalue weighted by Crippen LogP contribution is -2.26. The first-order valence-electron chi connectivity index (χ1n) is 22.3. The van der Waals surface area contributed by atoms with E-state index in [2.05, 4.69) is 49.4 Å². The summed E-state index contributed by atoms with van der Waals surface area (Å²) in [5, 5.41) is 36.5. The maximum atomic E-state index is 13.7. The maximum absolute atomic E-state index is 13.7. The normalized spacial score (nSPS) is 15.1. The molecule has 14 nitrogen and oxygen atoms in total. The second-order valence-electron chi connectivity index (χ2n) is 16.8. The molecule has 4 aromatic heterocycles. The van der Waals surface area contributed by atoms with Crippen molar-refractivity contribution >= 4 is 75.1 Å². The Kier molecular flexibility index (Phi) is 14.6. The number of aliphatic carboxylic acids is 1. The largest absolute Gasteiger partial charge is 0.481 e. The van der Waals surface area contributed by atoms with Crippen LogP contribution in [0.25, 0.3) is 10.0 Å². The molecule has 8 rings (SSSR count). The topological polar surface area (TPSA) is 182 Å². The summed E-state index contributed by atoms with van der Waals surface area (Å²) in [6.45, 7) is 11.0. The highest BCUT2D eigenvalue weighted by atomic mass is 35.5. The number of nitrogens with zero attached hydrogens (tertiary/aromatic N) is 8. The number of aliphatic imine (C=N–C) groups is 2. The van der Waals surface area contributed by atoms with Crippen molar-refractivity contribution in [3.05, 3.63) is 125 Å². The number of nitrogens with one attached hydrogen (secondary N) is 2.